The molecule has 5 heteroatoms. The van der Waals surface area contributed by atoms with Gasteiger partial charge in [-0.3, -0.25) is 9.59 Å². The molecule has 0 aromatic rings. The average Bonchev–Trinajstić information content (AvgIpc) is 2.25. The Labute approximate surface area is 95.4 Å². The van der Waals surface area contributed by atoms with Crippen molar-refractivity contribution in [1.82, 2.24) is 4.90 Å². The maximum absolute atomic E-state index is 12.0. The fraction of sp³-hybridized carbons (Fsp3) is 0.818. The van der Waals surface area contributed by atoms with Crippen molar-refractivity contribution in [2.45, 2.75) is 45.3 Å². The number of amides is 1. The first-order valence-electron chi connectivity index (χ1n) is 5.66. The first-order valence-corrected chi connectivity index (χ1v) is 5.66. The van der Waals surface area contributed by atoms with Crippen molar-refractivity contribution in [2.24, 2.45) is 0 Å². The molecule has 1 N–H and O–H groups in total. The van der Waals surface area contributed by atoms with Crippen molar-refractivity contribution in [3.63, 3.8) is 0 Å². The lowest BCUT2D eigenvalue weighted by atomic mass is 10.1. The van der Waals surface area contributed by atoms with Crippen LogP contribution in [0.4, 0.5) is 0 Å². The Hall–Kier alpha value is -1.10. The van der Waals surface area contributed by atoms with Crippen LogP contribution < -0.4 is 0 Å². The number of aliphatic carboxylic acids is 1. The van der Waals surface area contributed by atoms with Crippen LogP contribution in [0.1, 0.15) is 33.1 Å². The summed E-state index contributed by atoms with van der Waals surface area (Å²) in [6, 6.07) is -0.117. The minimum absolute atomic E-state index is 0.117. The van der Waals surface area contributed by atoms with E-state index in [0.717, 1.165) is 12.8 Å². The molecule has 0 aliphatic carbocycles. The third-order valence-corrected chi connectivity index (χ3v) is 2.67. The molecule has 0 bridgehead atoms. The van der Waals surface area contributed by atoms with Crippen molar-refractivity contribution in [2.75, 3.05) is 13.2 Å². The number of ether oxygens (including phenoxy) is 1. The molecular formula is C11H19NO4. The Kier molecular flexibility index (Phi) is 4.73. The number of carboxylic acids is 1. The van der Waals surface area contributed by atoms with Crippen molar-refractivity contribution in [1.29, 1.82) is 0 Å². The minimum atomic E-state index is -0.988. The summed E-state index contributed by atoms with van der Waals surface area (Å²) in [4.78, 5) is 24.0. The summed E-state index contributed by atoms with van der Waals surface area (Å²) in [7, 11) is 0. The van der Waals surface area contributed by atoms with Crippen LogP contribution in [0.5, 0.6) is 0 Å². The van der Waals surface area contributed by atoms with Crippen molar-refractivity contribution in [3.05, 3.63) is 0 Å². The van der Waals surface area contributed by atoms with Gasteiger partial charge in [-0.15, -0.1) is 0 Å². The van der Waals surface area contributed by atoms with Crippen LogP contribution in [0.3, 0.4) is 0 Å². The standard InChI is InChI=1S/C11H19NO4/c1-8(2)12(7-10(13)14)11(15)9-5-3-4-6-16-9/h8-9H,3-7H2,1-2H3,(H,13,14). The van der Waals surface area contributed by atoms with E-state index in [0.29, 0.717) is 13.0 Å². The van der Waals surface area contributed by atoms with Gasteiger partial charge in [-0.2, -0.15) is 0 Å². The first kappa shape index (κ1) is 13.0. The van der Waals surface area contributed by atoms with Gasteiger partial charge in [-0.05, 0) is 33.1 Å². The van der Waals surface area contributed by atoms with Crippen LogP contribution >= 0.6 is 0 Å². The molecule has 1 aliphatic heterocycles. The van der Waals surface area contributed by atoms with E-state index in [2.05, 4.69) is 0 Å². The Morgan fingerprint density at radius 1 is 1.44 bits per heavy atom. The van der Waals surface area contributed by atoms with E-state index >= 15 is 0 Å². The van der Waals surface area contributed by atoms with Gasteiger partial charge in [-0.1, -0.05) is 0 Å². The van der Waals surface area contributed by atoms with E-state index in [-0.39, 0.29) is 18.5 Å². The van der Waals surface area contributed by atoms with Gasteiger partial charge in [0.1, 0.15) is 12.6 Å². The lowest BCUT2D eigenvalue weighted by molar-refractivity contribution is -0.154. The van der Waals surface area contributed by atoms with E-state index in [9.17, 15) is 9.59 Å². The predicted octanol–water partition coefficient (Wildman–Crippen LogP) is 0.877. The fourth-order valence-corrected chi connectivity index (χ4v) is 1.78. The van der Waals surface area contributed by atoms with Crippen LogP contribution in [0.15, 0.2) is 0 Å². The van der Waals surface area contributed by atoms with Crippen LogP contribution in [-0.2, 0) is 14.3 Å². The largest absolute Gasteiger partial charge is 0.480 e. The first-order chi connectivity index (χ1) is 7.52. The van der Waals surface area contributed by atoms with Crippen LogP contribution in [0, 0.1) is 0 Å². The second-order valence-corrected chi connectivity index (χ2v) is 4.31. The van der Waals surface area contributed by atoms with E-state index in [1.54, 1.807) is 0 Å². The normalized spacial score (nSPS) is 20.8. The quantitative estimate of drug-likeness (QED) is 0.777. The highest BCUT2D eigenvalue weighted by atomic mass is 16.5. The van der Waals surface area contributed by atoms with Gasteiger partial charge in [0.25, 0.3) is 5.91 Å². The number of carbonyl (C=O) groups excluding carboxylic acids is 1. The van der Waals surface area contributed by atoms with E-state index in [1.807, 2.05) is 13.8 Å². The molecule has 92 valence electrons. The minimum Gasteiger partial charge on any atom is -0.480 e. The smallest absolute Gasteiger partial charge is 0.323 e. The summed E-state index contributed by atoms with van der Waals surface area (Å²) in [5.41, 5.74) is 0. The predicted molar refractivity (Wildman–Crippen MR) is 58.1 cm³/mol. The Balaban J connectivity index is 2.61. The van der Waals surface area contributed by atoms with E-state index in [1.165, 1.54) is 4.90 Å². The molecule has 16 heavy (non-hydrogen) atoms. The summed E-state index contributed by atoms with van der Waals surface area (Å²) in [6.45, 7) is 3.96. The lowest BCUT2D eigenvalue weighted by Gasteiger charge is -2.30. The topological polar surface area (TPSA) is 66.8 Å². The number of carboxylic acid groups (broad SMARTS) is 1. The molecule has 0 spiro atoms. The third-order valence-electron chi connectivity index (χ3n) is 2.67. The maximum atomic E-state index is 12.0. The van der Waals surface area contributed by atoms with Crippen molar-refractivity contribution < 1.29 is 19.4 Å². The van der Waals surface area contributed by atoms with Gasteiger partial charge in [0.15, 0.2) is 0 Å². The van der Waals surface area contributed by atoms with E-state index in [4.69, 9.17) is 9.84 Å². The molecule has 0 aromatic heterocycles. The number of rotatable bonds is 4. The highest BCUT2D eigenvalue weighted by Crippen LogP contribution is 2.16. The molecule has 1 aliphatic rings. The Morgan fingerprint density at radius 3 is 2.56 bits per heavy atom. The lowest BCUT2D eigenvalue weighted by Crippen LogP contribution is -2.47. The molecule has 1 heterocycles. The van der Waals surface area contributed by atoms with Crippen LogP contribution in [-0.4, -0.2) is 47.2 Å². The van der Waals surface area contributed by atoms with Gasteiger partial charge in [0.05, 0.1) is 0 Å². The molecule has 1 unspecified atom stereocenters. The number of nitrogens with zero attached hydrogens (tertiary/aromatic N) is 1. The zero-order chi connectivity index (χ0) is 12.1. The molecular weight excluding hydrogens is 210 g/mol. The van der Waals surface area contributed by atoms with Gasteiger partial charge in [0.2, 0.25) is 0 Å². The number of carbonyl (C=O) groups is 2. The van der Waals surface area contributed by atoms with Crippen molar-refractivity contribution in [3.8, 4) is 0 Å². The molecule has 1 rings (SSSR count). The van der Waals surface area contributed by atoms with Gasteiger partial charge >= 0.3 is 5.97 Å². The van der Waals surface area contributed by atoms with Crippen LogP contribution in [0.2, 0.25) is 0 Å². The molecule has 0 aromatic carbocycles. The molecule has 0 saturated carbocycles. The second-order valence-electron chi connectivity index (χ2n) is 4.31. The molecule has 0 radical (unpaired) electrons. The summed E-state index contributed by atoms with van der Waals surface area (Å²) in [6.07, 6.45) is 2.19. The molecule has 1 fully saturated rings. The summed E-state index contributed by atoms with van der Waals surface area (Å²) in [5, 5.41) is 8.75. The van der Waals surface area contributed by atoms with E-state index < -0.39 is 12.1 Å². The van der Waals surface area contributed by atoms with Gasteiger partial charge in [0, 0.05) is 12.6 Å². The van der Waals surface area contributed by atoms with Gasteiger partial charge in [-0.25, -0.2) is 0 Å². The Bertz CT molecular complexity index is 259. The summed E-state index contributed by atoms with van der Waals surface area (Å²) >= 11 is 0. The van der Waals surface area contributed by atoms with Crippen LogP contribution in [0.25, 0.3) is 0 Å². The zero-order valence-electron chi connectivity index (χ0n) is 9.81. The molecule has 5 nitrogen and oxygen atoms in total. The highest BCUT2D eigenvalue weighted by Gasteiger charge is 2.29. The number of hydrogen-bond donors (Lipinski definition) is 1. The maximum Gasteiger partial charge on any atom is 0.323 e. The average molecular weight is 229 g/mol. The number of hydrogen-bond acceptors (Lipinski definition) is 3. The molecule has 1 saturated heterocycles. The third kappa shape index (κ3) is 3.48. The molecule has 1 atom stereocenters. The second kappa shape index (κ2) is 5.84. The summed E-state index contributed by atoms with van der Waals surface area (Å²) < 4.78 is 5.37. The summed E-state index contributed by atoms with van der Waals surface area (Å²) in [5.74, 6) is -1.19. The Morgan fingerprint density at radius 2 is 2.12 bits per heavy atom. The van der Waals surface area contributed by atoms with Crippen molar-refractivity contribution >= 4 is 11.9 Å². The zero-order valence-corrected chi connectivity index (χ0v) is 9.81. The fourth-order valence-electron chi connectivity index (χ4n) is 1.78. The highest BCUT2D eigenvalue weighted by molar-refractivity contribution is 5.85. The molecule has 1 amide bonds. The monoisotopic (exact) mass is 229 g/mol. The SMILES string of the molecule is CC(C)N(CC(=O)O)C(=O)C1CCCCO1. The van der Waals surface area contributed by atoms with Gasteiger partial charge < -0.3 is 14.7 Å².